The highest BCUT2D eigenvalue weighted by atomic mass is 32.2. The van der Waals surface area contributed by atoms with Gasteiger partial charge in [0.05, 0.1) is 11.0 Å². The van der Waals surface area contributed by atoms with Gasteiger partial charge in [-0.3, -0.25) is 4.18 Å². The Hall–Kier alpha value is -1.31. The van der Waals surface area contributed by atoms with Crippen molar-refractivity contribution >= 4 is 10.1 Å². The zero-order valence-electron chi connectivity index (χ0n) is 10.7. The zero-order chi connectivity index (χ0) is 13.6. The zero-order valence-corrected chi connectivity index (χ0v) is 11.5. The Morgan fingerprint density at radius 3 is 2.50 bits per heavy atom. The minimum Gasteiger partial charge on any atom is -0.263 e. The molecule has 1 unspecified atom stereocenters. The van der Waals surface area contributed by atoms with E-state index in [0.29, 0.717) is 12.8 Å². The van der Waals surface area contributed by atoms with Crippen LogP contribution >= 0.6 is 0 Å². The minimum absolute atomic E-state index is 0.192. The van der Waals surface area contributed by atoms with E-state index in [2.05, 4.69) is 5.92 Å². The van der Waals surface area contributed by atoms with Crippen molar-refractivity contribution in [1.29, 1.82) is 0 Å². The average Bonchev–Trinajstić information content (AvgIpc) is 2.29. The monoisotopic (exact) mass is 266 g/mol. The van der Waals surface area contributed by atoms with Gasteiger partial charge in [0.1, 0.15) is 0 Å². The summed E-state index contributed by atoms with van der Waals surface area (Å²) < 4.78 is 29.0. The number of terminal acetylenes is 1. The van der Waals surface area contributed by atoms with Crippen LogP contribution in [0.15, 0.2) is 29.2 Å². The molecule has 0 saturated heterocycles. The van der Waals surface area contributed by atoms with Crippen molar-refractivity contribution in [2.75, 3.05) is 0 Å². The Balaban J connectivity index is 2.65. The van der Waals surface area contributed by atoms with Crippen LogP contribution in [0.3, 0.4) is 0 Å². The summed E-state index contributed by atoms with van der Waals surface area (Å²) in [6.07, 6.45) is 6.82. The third-order valence-corrected chi connectivity index (χ3v) is 3.96. The standard InChI is InChI=1S/C14H18O3S/c1-4-5-6-7-13(3)17-18(15,16)14-10-8-12(2)9-11-14/h1,8-11,13H,5-7H2,2-3H3. The molecule has 0 radical (unpaired) electrons. The molecule has 0 saturated carbocycles. The molecule has 0 spiro atoms. The van der Waals surface area contributed by atoms with Crippen molar-refractivity contribution in [2.45, 2.75) is 44.1 Å². The maximum Gasteiger partial charge on any atom is 0.297 e. The van der Waals surface area contributed by atoms with E-state index in [1.165, 1.54) is 0 Å². The third kappa shape index (κ3) is 4.52. The topological polar surface area (TPSA) is 43.4 Å². The largest absolute Gasteiger partial charge is 0.297 e. The second kappa shape index (κ2) is 6.58. The van der Waals surface area contributed by atoms with Gasteiger partial charge in [0.2, 0.25) is 0 Å². The fourth-order valence-electron chi connectivity index (χ4n) is 1.52. The summed E-state index contributed by atoms with van der Waals surface area (Å²) in [6.45, 7) is 3.64. The first-order valence-corrected chi connectivity index (χ1v) is 7.30. The lowest BCUT2D eigenvalue weighted by molar-refractivity contribution is 0.216. The molecule has 1 atom stereocenters. The molecule has 4 heteroatoms. The Bertz CT molecular complexity index is 509. The van der Waals surface area contributed by atoms with Gasteiger partial charge in [0.15, 0.2) is 0 Å². The first kappa shape index (κ1) is 14.7. The second-order valence-electron chi connectivity index (χ2n) is 4.27. The lowest BCUT2D eigenvalue weighted by Gasteiger charge is -2.12. The van der Waals surface area contributed by atoms with Gasteiger partial charge in [-0.15, -0.1) is 12.3 Å². The van der Waals surface area contributed by atoms with Crippen molar-refractivity contribution in [1.82, 2.24) is 0 Å². The molecule has 0 aliphatic carbocycles. The molecular formula is C14H18O3S. The van der Waals surface area contributed by atoms with Crippen LogP contribution in [0.25, 0.3) is 0 Å². The van der Waals surface area contributed by atoms with Gasteiger partial charge < -0.3 is 0 Å². The minimum atomic E-state index is -3.67. The molecule has 1 aromatic carbocycles. The molecule has 98 valence electrons. The molecule has 3 nitrogen and oxygen atoms in total. The molecule has 0 aromatic heterocycles. The van der Waals surface area contributed by atoms with Crippen LogP contribution in [0.1, 0.15) is 31.7 Å². The Kier molecular flexibility index (Phi) is 5.39. The quantitative estimate of drug-likeness (QED) is 0.452. The van der Waals surface area contributed by atoms with Crippen LogP contribution in [-0.2, 0) is 14.3 Å². The number of rotatable bonds is 6. The fourth-order valence-corrected chi connectivity index (χ4v) is 2.63. The van der Waals surface area contributed by atoms with Crippen molar-refractivity contribution in [3.05, 3.63) is 29.8 Å². The van der Waals surface area contributed by atoms with Crippen LogP contribution in [0.4, 0.5) is 0 Å². The Labute approximate surface area is 109 Å². The predicted molar refractivity (Wildman–Crippen MR) is 71.6 cm³/mol. The molecular weight excluding hydrogens is 248 g/mol. The summed E-state index contributed by atoms with van der Waals surface area (Å²) in [5.41, 5.74) is 1.01. The molecule has 0 N–H and O–H groups in total. The summed E-state index contributed by atoms with van der Waals surface area (Å²) >= 11 is 0. The highest BCUT2D eigenvalue weighted by Gasteiger charge is 2.18. The first-order chi connectivity index (χ1) is 8.45. The third-order valence-electron chi connectivity index (χ3n) is 2.53. The van der Waals surface area contributed by atoms with Crippen molar-refractivity contribution in [3.63, 3.8) is 0 Å². The van der Waals surface area contributed by atoms with E-state index in [1.54, 1.807) is 31.2 Å². The van der Waals surface area contributed by atoms with Crippen LogP contribution < -0.4 is 0 Å². The SMILES string of the molecule is C#CCCCC(C)OS(=O)(=O)c1ccc(C)cc1. The number of aryl methyl sites for hydroxylation is 1. The molecule has 0 aliphatic heterocycles. The molecule has 0 amide bonds. The molecule has 0 heterocycles. The molecule has 0 bridgehead atoms. The highest BCUT2D eigenvalue weighted by molar-refractivity contribution is 7.86. The maximum absolute atomic E-state index is 11.9. The van der Waals surface area contributed by atoms with Gasteiger partial charge in [-0.1, -0.05) is 17.7 Å². The summed E-state index contributed by atoms with van der Waals surface area (Å²) in [4.78, 5) is 0.192. The number of unbranched alkanes of at least 4 members (excludes halogenated alkanes) is 1. The average molecular weight is 266 g/mol. The molecule has 1 aromatic rings. The van der Waals surface area contributed by atoms with E-state index in [0.717, 1.165) is 12.0 Å². The van der Waals surface area contributed by atoms with Gasteiger partial charge in [-0.25, -0.2) is 0 Å². The normalized spacial score (nSPS) is 12.9. The summed E-state index contributed by atoms with van der Waals surface area (Å²) in [7, 11) is -3.67. The predicted octanol–water partition coefficient (Wildman–Crippen LogP) is 2.89. The maximum atomic E-state index is 11.9. The van der Waals surface area contributed by atoms with E-state index in [9.17, 15) is 8.42 Å². The lowest BCUT2D eigenvalue weighted by Crippen LogP contribution is -2.15. The number of hydrogen-bond acceptors (Lipinski definition) is 3. The highest BCUT2D eigenvalue weighted by Crippen LogP contribution is 2.17. The summed E-state index contributed by atoms with van der Waals surface area (Å²) in [6, 6.07) is 6.61. The van der Waals surface area contributed by atoms with Gasteiger partial charge >= 0.3 is 0 Å². The van der Waals surface area contributed by atoms with E-state index < -0.39 is 10.1 Å². The van der Waals surface area contributed by atoms with Crippen LogP contribution in [-0.4, -0.2) is 14.5 Å². The summed E-state index contributed by atoms with van der Waals surface area (Å²) in [5.74, 6) is 2.52. The molecule has 1 rings (SSSR count). The van der Waals surface area contributed by atoms with Crippen LogP contribution in [0.2, 0.25) is 0 Å². The van der Waals surface area contributed by atoms with Gasteiger partial charge in [-0.2, -0.15) is 8.42 Å². The van der Waals surface area contributed by atoms with Gasteiger partial charge in [-0.05, 0) is 38.8 Å². The van der Waals surface area contributed by atoms with Gasteiger partial charge in [0, 0.05) is 6.42 Å². The van der Waals surface area contributed by atoms with E-state index in [1.807, 2.05) is 6.92 Å². The Morgan fingerprint density at radius 1 is 1.33 bits per heavy atom. The van der Waals surface area contributed by atoms with E-state index in [-0.39, 0.29) is 11.0 Å². The second-order valence-corrected chi connectivity index (χ2v) is 5.84. The molecule has 18 heavy (non-hydrogen) atoms. The molecule has 0 aliphatic rings. The number of hydrogen-bond donors (Lipinski definition) is 0. The van der Waals surface area contributed by atoms with Crippen molar-refractivity contribution < 1.29 is 12.6 Å². The van der Waals surface area contributed by atoms with Crippen molar-refractivity contribution in [3.8, 4) is 12.3 Å². The Morgan fingerprint density at radius 2 is 1.94 bits per heavy atom. The summed E-state index contributed by atoms with van der Waals surface area (Å²) in [5, 5.41) is 0. The van der Waals surface area contributed by atoms with Crippen LogP contribution in [0.5, 0.6) is 0 Å². The van der Waals surface area contributed by atoms with Crippen molar-refractivity contribution in [2.24, 2.45) is 0 Å². The van der Waals surface area contributed by atoms with Crippen LogP contribution in [0, 0.1) is 19.3 Å². The van der Waals surface area contributed by atoms with Gasteiger partial charge in [0.25, 0.3) is 10.1 Å². The smallest absolute Gasteiger partial charge is 0.263 e. The van der Waals surface area contributed by atoms with E-state index in [4.69, 9.17) is 10.6 Å². The number of benzene rings is 1. The fraction of sp³-hybridized carbons (Fsp3) is 0.429. The van der Waals surface area contributed by atoms with E-state index >= 15 is 0 Å². The lowest BCUT2D eigenvalue weighted by atomic mass is 10.2. The first-order valence-electron chi connectivity index (χ1n) is 5.89. The molecule has 0 fully saturated rings.